The molecule has 0 amide bonds. The fraction of sp³-hybridized carbons (Fsp3) is 0.950. The van der Waals surface area contributed by atoms with Gasteiger partial charge in [0.2, 0.25) is 0 Å². The lowest BCUT2D eigenvalue weighted by Crippen LogP contribution is -2.67. The molecule has 4 saturated carbocycles. The predicted octanol–water partition coefficient (Wildman–Crippen LogP) is 2.78. The normalized spacial score (nSPS) is 57.8. The zero-order chi connectivity index (χ0) is 37.4. The molecule has 6 N–H and O–H groups in total. The van der Waals surface area contributed by atoms with Crippen LogP contribution < -0.4 is 0 Å². The molecule has 12 heteroatoms. The van der Waals surface area contributed by atoms with Crippen molar-refractivity contribution in [3.05, 3.63) is 11.6 Å². The van der Waals surface area contributed by atoms with Gasteiger partial charge < -0.3 is 59.1 Å². The molecular weight excluding hydrogens is 672 g/mol. The largest absolute Gasteiger partial charge is 0.394 e. The maximum absolute atomic E-state index is 12.1. The van der Waals surface area contributed by atoms with Crippen molar-refractivity contribution >= 4 is 0 Å². The summed E-state index contributed by atoms with van der Waals surface area (Å²) in [5.41, 5.74) is 0.0110. The van der Waals surface area contributed by atoms with E-state index in [1.54, 1.807) is 0 Å². The predicted molar refractivity (Wildman–Crippen MR) is 186 cm³/mol. The third-order valence-corrected chi connectivity index (χ3v) is 16.3. The number of allylic oxidation sites excluding steroid dienone is 1. The van der Waals surface area contributed by atoms with Crippen LogP contribution in [-0.4, -0.2) is 123 Å². The number of hydrogen-bond acceptors (Lipinski definition) is 12. The van der Waals surface area contributed by atoms with Crippen molar-refractivity contribution in [2.24, 2.45) is 45.3 Å². The Bertz CT molecular complexity index is 1400. The fourth-order valence-corrected chi connectivity index (χ4v) is 14.1. The Balaban J connectivity index is 1.03. The molecule has 52 heavy (non-hydrogen) atoms. The van der Waals surface area contributed by atoms with Gasteiger partial charge in [-0.25, -0.2) is 0 Å². The molecule has 296 valence electrons. The molecule has 0 radical (unpaired) electrons. The molecule has 8 rings (SSSR count). The number of aliphatic hydroxyl groups excluding tert-OH is 5. The lowest BCUT2D eigenvalue weighted by molar-refractivity contribution is -0.346. The molecular formula is C40H64O12. The van der Waals surface area contributed by atoms with Gasteiger partial charge in [0.1, 0.15) is 36.6 Å². The van der Waals surface area contributed by atoms with Gasteiger partial charge in [0.05, 0.1) is 37.6 Å². The SMILES string of the molecule is CC(C)=C[C@H]1C[C@](C)(O)[C@H]2[C@H]3CC[C@@H]4[C@@]5(C)CC[C@H](O[C@@H]6OC[C@H](O)[C@H](O)[C@H]6O[C@@H]6O[C@@H](CO)[C@H](O)[C@H]6O)C(C)(C)C5CC[C@@]4(C)[C@@]34CO[C@@]2(C4)O1. The molecule has 4 aliphatic carbocycles. The quantitative estimate of drug-likeness (QED) is 0.174. The highest BCUT2D eigenvalue weighted by Crippen LogP contribution is 2.80. The molecule has 4 heterocycles. The number of ether oxygens (including phenoxy) is 6. The first-order valence-corrected chi connectivity index (χ1v) is 19.9. The molecule has 8 aliphatic rings. The average Bonchev–Trinajstić information content (AvgIpc) is 3.67. The fourth-order valence-electron chi connectivity index (χ4n) is 14.1. The van der Waals surface area contributed by atoms with Gasteiger partial charge in [-0.15, -0.1) is 0 Å². The Hall–Kier alpha value is -0.740. The van der Waals surface area contributed by atoms with E-state index in [-0.39, 0.29) is 46.4 Å². The Labute approximate surface area is 308 Å². The molecule has 12 nitrogen and oxygen atoms in total. The molecule has 19 atom stereocenters. The van der Waals surface area contributed by atoms with Crippen LogP contribution in [0.4, 0.5) is 0 Å². The zero-order valence-electron chi connectivity index (χ0n) is 32.1. The molecule has 0 aromatic heterocycles. The monoisotopic (exact) mass is 736 g/mol. The summed E-state index contributed by atoms with van der Waals surface area (Å²) >= 11 is 0. The van der Waals surface area contributed by atoms with Crippen molar-refractivity contribution in [3.8, 4) is 0 Å². The standard InChI is InChI=1S/C40H64O12/c1-20(2)14-21-15-38(7,46)32-22-8-9-26-36(5)12-11-27(35(3,4)25(36)10-13-37(26,6)39(22)18-40(32,52-21)48-19-39)50-34-31(28(43)23(42)17-47-34)51-33-30(45)29(44)24(16-41)49-33/h14,21-34,41-46H,8-13,15-19H2,1-7H3/t21-,22+,23-,24-,25?,26+,27-,28-,29-,30+,31+,32+,33-,34-,36-,37+,38-,39-,40-/m0/s1. The molecule has 0 aromatic rings. The van der Waals surface area contributed by atoms with Gasteiger partial charge in [-0.05, 0) is 93.3 Å². The third-order valence-electron chi connectivity index (χ3n) is 16.3. The van der Waals surface area contributed by atoms with E-state index in [9.17, 15) is 30.6 Å². The third kappa shape index (κ3) is 5.29. The van der Waals surface area contributed by atoms with E-state index in [1.165, 1.54) is 5.57 Å². The van der Waals surface area contributed by atoms with Crippen LogP contribution in [0.2, 0.25) is 0 Å². The summed E-state index contributed by atoms with van der Waals surface area (Å²) in [5.74, 6) is 0.337. The van der Waals surface area contributed by atoms with E-state index < -0.39 is 67.2 Å². The summed E-state index contributed by atoms with van der Waals surface area (Å²) < 4.78 is 38.0. The van der Waals surface area contributed by atoms with Crippen LogP contribution in [-0.2, 0) is 28.4 Å². The van der Waals surface area contributed by atoms with Crippen molar-refractivity contribution in [1.29, 1.82) is 0 Å². The lowest BCUT2D eigenvalue weighted by Gasteiger charge is -2.70. The maximum atomic E-state index is 12.1. The van der Waals surface area contributed by atoms with Crippen molar-refractivity contribution in [2.45, 2.75) is 173 Å². The molecule has 4 saturated heterocycles. The minimum absolute atomic E-state index is 0.0159. The van der Waals surface area contributed by atoms with Gasteiger partial charge in [0, 0.05) is 24.2 Å². The van der Waals surface area contributed by atoms with Crippen molar-refractivity contribution in [3.63, 3.8) is 0 Å². The van der Waals surface area contributed by atoms with E-state index in [4.69, 9.17) is 28.4 Å². The highest BCUT2D eigenvalue weighted by molar-refractivity contribution is 5.26. The topological polar surface area (TPSA) is 177 Å². The second-order valence-electron chi connectivity index (χ2n) is 19.7. The van der Waals surface area contributed by atoms with E-state index in [1.807, 2.05) is 6.92 Å². The van der Waals surface area contributed by atoms with Crippen molar-refractivity contribution < 1.29 is 59.1 Å². The van der Waals surface area contributed by atoms with Gasteiger partial charge in [0.25, 0.3) is 0 Å². The molecule has 4 aliphatic heterocycles. The highest BCUT2D eigenvalue weighted by atomic mass is 16.8. The van der Waals surface area contributed by atoms with Gasteiger partial charge in [-0.2, -0.15) is 0 Å². The lowest BCUT2D eigenvalue weighted by atomic mass is 9.35. The summed E-state index contributed by atoms with van der Waals surface area (Å²) in [7, 11) is 0. The maximum Gasteiger partial charge on any atom is 0.187 e. The van der Waals surface area contributed by atoms with Crippen LogP contribution >= 0.6 is 0 Å². The first-order valence-electron chi connectivity index (χ1n) is 19.9. The Morgan fingerprint density at radius 2 is 1.62 bits per heavy atom. The van der Waals surface area contributed by atoms with E-state index in [2.05, 4.69) is 47.6 Å². The van der Waals surface area contributed by atoms with Gasteiger partial charge >= 0.3 is 0 Å². The Morgan fingerprint density at radius 3 is 2.31 bits per heavy atom. The first-order chi connectivity index (χ1) is 24.3. The summed E-state index contributed by atoms with van der Waals surface area (Å²) in [4.78, 5) is 0. The second-order valence-corrected chi connectivity index (χ2v) is 19.7. The molecule has 1 unspecified atom stereocenters. The second kappa shape index (κ2) is 12.6. The zero-order valence-corrected chi connectivity index (χ0v) is 32.1. The molecule has 2 bridgehead atoms. The van der Waals surface area contributed by atoms with Crippen LogP contribution in [0.5, 0.6) is 0 Å². The van der Waals surface area contributed by atoms with E-state index in [0.29, 0.717) is 30.8 Å². The van der Waals surface area contributed by atoms with Crippen LogP contribution in [0, 0.1) is 45.3 Å². The summed E-state index contributed by atoms with van der Waals surface area (Å²) in [5, 5.41) is 64.1. The minimum Gasteiger partial charge on any atom is -0.394 e. The van der Waals surface area contributed by atoms with Gasteiger partial charge in [-0.3, -0.25) is 0 Å². The number of rotatable bonds is 6. The van der Waals surface area contributed by atoms with Gasteiger partial charge in [-0.1, -0.05) is 39.3 Å². The Morgan fingerprint density at radius 1 is 0.865 bits per heavy atom. The summed E-state index contributed by atoms with van der Waals surface area (Å²) in [6.45, 7) is 15.8. The number of fused-ring (bicyclic) bond motifs is 4. The number of hydrogen-bond donors (Lipinski definition) is 6. The van der Waals surface area contributed by atoms with Crippen LogP contribution in [0.15, 0.2) is 11.6 Å². The first kappa shape index (κ1) is 38.1. The molecule has 8 fully saturated rings. The minimum atomic E-state index is -1.46. The highest BCUT2D eigenvalue weighted by Gasteiger charge is 2.80. The van der Waals surface area contributed by atoms with Crippen LogP contribution in [0.1, 0.15) is 99.8 Å². The van der Waals surface area contributed by atoms with Gasteiger partial charge in [0.15, 0.2) is 18.4 Å². The van der Waals surface area contributed by atoms with Crippen LogP contribution in [0.25, 0.3) is 0 Å². The van der Waals surface area contributed by atoms with Crippen molar-refractivity contribution in [2.75, 3.05) is 19.8 Å². The molecule has 0 aromatic carbocycles. The average molecular weight is 737 g/mol. The number of aliphatic hydroxyl groups is 6. The summed E-state index contributed by atoms with van der Waals surface area (Å²) in [6.07, 6.45) is -0.930. The van der Waals surface area contributed by atoms with E-state index in [0.717, 1.165) is 44.9 Å². The van der Waals surface area contributed by atoms with Crippen molar-refractivity contribution in [1.82, 2.24) is 0 Å². The smallest absolute Gasteiger partial charge is 0.187 e. The van der Waals surface area contributed by atoms with E-state index >= 15 is 0 Å². The van der Waals surface area contributed by atoms with Crippen LogP contribution in [0.3, 0.4) is 0 Å². The Kier molecular flexibility index (Phi) is 9.27. The molecule has 2 spiro atoms. The summed E-state index contributed by atoms with van der Waals surface area (Å²) in [6, 6.07) is 0.